The molecule has 0 saturated carbocycles. The quantitative estimate of drug-likeness (QED) is 0.871. The minimum absolute atomic E-state index is 0.135. The van der Waals surface area contributed by atoms with Crippen LogP contribution in [0.25, 0.3) is 0 Å². The number of hydrogen-bond donors (Lipinski definition) is 0. The molecule has 0 N–H and O–H groups in total. The van der Waals surface area contributed by atoms with E-state index < -0.39 is 0 Å². The highest BCUT2D eigenvalue weighted by atomic mass is 16.2. The number of likely N-dealkylation sites (tertiary alicyclic amines) is 1. The van der Waals surface area contributed by atoms with Gasteiger partial charge in [0.25, 0.3) is 0 Å². The monoisotopic (exact) mass is 295 g/mol. The van der Waals surface area contributed by atoms with Crippen LogP contribution in [0.4, 0.5) is 0 Å². The van der Waals surface area contributed by atoms with Gasteiger partial charge in [0.15, 0.2) is 0 Å². The van der Waals surface area contributed by atoms with Crippen LogP contribution < -0.4 is 0 Å². The molecule has 1 atom stereocenters. The van der Waals surface area contributed by atoms with Gasteiger partial charge in [0.2, 0.25) is 5.91 Å². The van der Waals surface area contributed by atoms with Crippen molar-refractivity contribution in [1.82, 2.24) is 14.7 Å². The van der Waals surface area contributed by atoms with Crippen LogP contribution in [0.15, 0.2) is 42.7 Å². The molecule has 1 saturated heterocycles. The molecular formula is C18H21N3O. The number of nitrogens with zero attached hydrogens (tertiary/aromatic N) is 3. The molecule has 4 nitrogen and oxygen atoms in total. The number of fused-ring (bicyclic) bond motifs is 1. The Hall–Kier alpha value is -2.10. The summed E-state index contributed by atoms with van der Waals surface area (Å²) in [6, 6.07) is 10.7. The number of aromatic nitrogens is 2. The number of amides is 1. The van der Waals surface area contributed by atoms with E-state index in [1.165, 1.54) is 11.1 Å². The van der Waals surface area contributed by atoms with Gasteiger partial charge >= 0.3 is 0 Å². The van der Waals surface area contributed by atoms with E-state index >= 15 is 0 Å². The SMILES string of the molecule is O=C(C1Cc2ccccc2C1)N1CCC[C@@H]1Cn1cccn1. The average molecular weight is 295 g/mol. The van der Waals surface area contributed by atoms with E-state index in [-0.39, 0.29) is 5.92 Å². The largest absolute Gasteiger partial charge is 0.338 e. The Labute approximate surface area is 130 Å². The predicted molar refractivity (Wildman–Crippen MR) is 84.3 cm³/mol. The zero-order valence-electron chi connectivity index (χ0n) is 12.7. The molecule has 1 aliphatic heterocycles. The lowest BCUT2D eigenvalue weighted by Crippen LogP contribution is -2.42. The lowest BCUT2D eigenvalue weighted by molar-refractivity contribution is -0.136. The predicted octanol–water partition coefficient (Wildman–Crippen LogP) is 2.29. The summed E-state index contributed by atoms with van der Waals surface area (Å²) in [4.78, 5) is 15.1. The van der Waals surface area contributed by atoms with Crippen molar-refractivity contribution in [1.29, 1.82) is 0 Å². The zero-order valence-corrected chi connectivity index (χ0v) is 12.7. The maximum absolute atomic E-state index is 13.0. The Balaban J connectivity index is 1.46. The molecule has 1 aromatic carbocycles. The van der Waals surface area contributed by atoms with Gasteiger partial charge in [-0.05, 0) is 42.9 Å². The Bertz CT molecular complexity index is 640. The summed E-state index contributed by atoms with van der Waals surface area (Å²) in [5.41, 5.74) is 2.70. The van der Waals surface area contributed by atoms with Crippen LogP contribution >= 0.6 is 0 Å². The van der Waals surface area contributed by atoms with E-state index in [1.54, 1.807) is 6.20 Å². The van der Waals surface area contributed by atoms with Crippen molar-refractivity contribution in [2.24, 2.45) is 5.92 Å². The number of benzene rings is 1. The third-order valence-electron chi connectivity index (χ3n) is 5.02. The summed E-state index contributed by atoms with van der Waals surface area (Å²) in [6.45, 7) is 1.72. The molecule has 114 valence electrons. The maximum atomic E-state index is 13.0. The van der Waals surface area contributed by atoms with Gasteiger partial charge in [-0.1, -0.05) is 24.3 Å². The molecule has 2 heterocycles. The first-order valence-electron chi connectivity index (χ1n) is 8.16. The average Bonchev–Trinajstić information content (AvgIpc) is 3.27. The van der Waals surface area contributed by atoms with Gasteiger partial charge in [0.1, 0.15) is 0 Å². The fourth-order valence-electron chi connectivity index (χ4n) is 3.91. The van der Waals surface area contributed by atoms with Crippen molar-refractivity contribution in [2.45, 2.75) is 38.3 Å². The van der Waals surface area contributed by atoms with Crippen molar-refractivity contribution in [3.63, 3.8) is 0 Å². The molecular weight excluding hydrogens is 274 g/mol. The van der Waals surface area contributed by atoms with Gasteiger partial charge in [0, 0.05) is 24.9 Å². The lowest BCUT2D eigenvalue weighted by atomic mass is 10.0. The van der Waals surface area contributed by atoms with Crippen molar-refractivity contribution in [2.75, 3.05) is 6.54 Å². The molecule has 2 aromatic rings. The highest BCUT2D eigenvalue weighted by Gasteiger charge is 2.35. The maximum Gasteiger partial charge on any atom is 0.226 e. The normalized spacial score (nSPS) is 21.3. The van der Waals surface area contributed by atoms with Gasteiger partial charge in [-0.15, -0.1) is 0 Å². The van der Waals surface area contributed by atoms with Crippen molar-refractivity contribution in [3.8, 4) is 0 Å². The van der Waals surface area contributed by atoms with Crippen LogP contribution in [0.5, 0.6) is 0 Å². The second kappa shape index (κ2) is 5.59. The molecule has 22 heavy (non-hydrogen) atoms. The van der Waals surface area contributed by atoms with Crippen LogP contribution in [0, 0.1) is 5.92 Å². The summed E-state index contributed by atoms with van der Waals surface area (Å²) < 4.78 is 1.94. The van der Waals surface area contributed by atoms with Crippen molar-refractivity contribution in [3.05, 3.63) is 53.9 Å². The Kier molecular flexibility index (Phi) is 3.45. The first kappa shape index (κ1) is 13.6. The van der Waals surface area contributed by atoms with E-state index in [0.717, 1.165) is 38.8 Å². The lowest BCUT2D eigenvalue weighted by Gasteiger charge is -2.27. The first-order chi connectivity index (χ1) is 10.8. The molecule has 0 unspecified atom stereocenters. The van der Waals surface area contributed by atoms with E-state index in [2.05, 4.69) is 34.3 Å². The number of carbonyl (C=O) groups excluding carboxylic acids is 1. The highest BCUT2D eigenvalue weighted by Crippen LogP contribution is 2.30. The second-order valence-electron chi connectivity index (χ2n) is 6.43. The van der Waals surface area contributed by atoms with Gasteiger partial charge in [0.05, 0.1) is 12.6 Å². The molecule has 1 aromatic heterocycles. The Morgan fingerprint density at radius 2 is 1.95 bits per heavy atom. The fourth-order valence-corrected chi connectivity index (χ4v) is 3.91. The summed E-state index contributed by atoms with van der Waals surface area (Å²) in [5.74, 6) is 0.474. The van der Waals surface area contributed by atoms with E-state index in [9.17, 15) is 4.79 Å². The summed E-state index contributed by atoms with van der Waals surface area (Å²) >= 11 is 0. The molecule has 1 amide bonds. The van der Waals surface area contributed by atoms with E-state index in [1.807, 2.05) is 16.9 Å². The second-order valence-corrected chi connectivity index (χ2v) is 6.43. The third kappa shape index (κ3) is 2.43. The third-order valence-corrected chi connectivity index (χ3v) is 5.02. The topological polar surface area (TPSA) is 38.1 Å². The molecule has 4 rings (SSSR count). The van der Waals surface area contributed by atoms with Gasteiger partial charge < -0.3 is 4.90 Å². The molecule has 4 heteroatoms. The molecule has 1 fully saturated rings. The highest BCUT2D eigenvalue weighted by molar-refractivity contribution is 5.81. The molecule has 0 spiro atoms. The van der Waals surface area contributed by atoms with Crippen molar-refractivity contribution < 1.29 is 4.79 Å². The summed E-state index contributed by atoms with van der Waals surface area (Å²) in [6.07, 6.45) is 7.78. The molecule has 0 bridgehead atoms. The van der Waals surface area contributed by atoms with Crippen LogP contribution in [0.3, 0.4) is 0 Å². The molecule has 0 radical (unpaired) electrons. The van der Waals surface area contributed by atoms with Gasteiger partial charge in [-0.3, -0.25) is 9.48 Å². The minimum Gasteiger partial charge on any atom is -0.338 e. The standard InChI is InChI=1S/C18H21N3O/c22-18(16-11-14-5-1-2-6-15(14)12-16)21-10-3-7-17(21)13-20-9-4-8-19-20/h1-2,4-6,8-9,16-17H,3,7,10-13H2/t17-/m1/s1. The first-order valence-corrected chi connectivity index (χ1v) is 8.16. The van der Waals surface area contributed by atoms with Crippen LogP contribution in [0.1, 0.15) is 24.0 Å². The summed E-state index contributed by atoms with van der Waals surface area (Å²) in [5, 5.41) is 4.28. The summed E-state index contributed by atoms with van der Waals surface area (Å²) in [7, 11) is 0. The van der Waals surface area contributed by atoms with Gasteiger partial charge in [-0.2, -0.15) is 5.10 Å². The number of rotatable bonds is 3. The minimum atomic E-state index is 0.135. The van der Waals surface area contributed by atoms with Crippen molar-refractivity contribution >= 4 is 5.91 Å². The van der Waals surface area contributed by atoms with Crippen LogP contribution in [-0.2, 0) is 24.2 Å². The molecule has 2 aliphatic rings. The Morgan fingerprint density at radius 1 is 1.18 bits per heavy atom. The van der Waals surface area contributed by atoms with Crippen LogP contribution in [-0.4, -0.2) is 33.2 Å². The smallest absolute Gasteiger partial charge is 0.226 e. The number of carbonyl (C=O) groups is 1. The Morgan fingerprint density at radius 3 is 2.64 bits per heavy atom. The van der Waals surface area contributed by atoms with E-state index in [0.29, 0.717) is 11.9 Å². The van der Waals surface area contributed by atoms with E-state index in [4.69, 9.17) is 0 Å². The number of hydrogen-bond acceptors (Lipinski definition) is 2. The zero-order chi connectivity index (χ0) is 14.9. The fraction of sp³-hybridized carbons (Fsp3) is 0.444. The van der Waals surface area contributed by atoms with Crippen LogP contribution in [0.2, 0.25) is 0 Å². The van der Waals surface area contributed by atoms with Gasteiger partial charge in [-0.25, -0.2) is 0 Å². The molecule has 1 aliphatic carbocycles.